The number of hydrogen-bond acceptors (Lipinski definition) is 4. The van der Waals surface area contributed by atoms with Crippen molar-refractivity contribution in [1.82, 2.24) is 4.68 Å². The van der Waals surface area contributed by atoms with Crippen LogP contribution in [0.2, 0.25) is 0 Å². The van der Waals surface area contributed by atoms with Gasteiger partial charge < -0.3 is 5.11 Å². The Bertz CT molecular complexity index is 962. The monoisotopic (exact) mass is 465 g/mol. The molecule has 0 bridgehead atoms. The van der Waals surface area contributed by atoms with E-state index in [2.05, 4.69) is 42.0 Å². The molecule has 0 radical (unpaired) electrons. The average molecular weight is 467 g/mol. The second kappa shape index (κ2) is 7.46. The van der Waals surface area contributed by atoms with E-state index >= 15 is 0 Å². The molecular formula is C17H13Br2N3OS. The van der Waals surface area contributed by atoms with E-state index in [1.165, 1.54) is 11.3 Å². The number of hydrogen-bond donors (Lipinski definition) is 1. The van der Waals surface area contributed by atoms with Crippen LogP contribution in [-0.4, -0.2) is 16.0 Å². The van der Waals surface area contributed by atoms with E-state index in [1.54, 1.807) is 23.0 Å². The second-order valence-electron chi connectivity index (χ2n) is 4.99. The smallest absolute Gasteiger partial charge is 0.211 e. The third-order valence-corrected chi connectivity index (χ3v) is 5.20. The van der Waals surface area contributed by atoms with Gasteiger partial charge in [0.25, 0.3) is 0 Å². The van der Waals surface area contributed by atoms with Gasteiger partial charge in [-0.15, -0.1) is 11.3 Å². The summed E-state index contributed by atoms with van der Waals surface area (Å²) in [5, 5.41) is 16.6. The summed E-state index contributed by atoms with van der Waals surface area (Å²) in [5.41, 5.74) is 2.45. The number of aromatic nitrogens is 1. The van der Waals surface area contributed by atoms with Gasteiger partial charge in [0.15, 0.2) is 0 Å². The number of thiazole rings is 1. The van der Waals surface area contributed by atoms with Crippen molar-refractivity contribution >= 4 is 55.1 Å². The molecule has 0 amide bonds. The lowest BCUT2D eigenvalue weighted by molar-refractivity contribution is 0.471. The van der Waals surface area contributed by atoms with Gasteiger partial charge in [0.05, 0.1) is 22.1 Å². The van der Waals surface area contributed by atoms with Gasteiger partial charge in [-0.3, -0.25) is 0 Å². The van der Waals surface area contributed by atoms with Crippen LogP contribution in [-0.2, 0) is 0 Å². The lowest BCUT2D eigenvalue weighted by Gasteiger charge is -2.03. The quantitative estimate of drug-likeness (QED) is 0.529. The van der Waals surface area contributed by atoms with E-state index in [0.717, 1.165) is 20.7 Å². The van der Waals surface area contributed by atoms with Crippen LogP contribution in [0.3, 0.4) is 0 Å². The first-order valence-corrected chi connectivity index (χ1v) is 9.50. The van der Waals surface area contributed by atoms with Gasteiger partial charge in [-0.2, -0.15) is 5.10 Å². The molecule has 3 aromatic rings. The van der Waals surface area contributed by atoms with E-state index in [0.29, 0.717) is 10.0 Å². The summed E-state index contributed by atoms with van der Waals surface area (Å²) in [6.07, 6.45) is 1.62. The molecule has 0 aliphatic carbocycles. The van der Waals surface area contributed by atoms with E-state index in [4.69, 9.17) is 0 Å². The maximum absolute atomic E-state index is 10.1. The molecule has 0 unspecified atom stereocenters. The van der Waals surface area contributed by atoms with Gasteiger partial charge >= 0.3 is 0 Å². The summed E-state index contributed by atoms with van der Waals surface area (Å²) < 4.78 is 3.22. The molecule has 0 spiro atoms. The Balaban J connectivity index is 2.03. The fourth-order valence-electron chi connectivity index (χ4n) is 2.02. The normalized spacial score (nSPS) is 12.2. The predicted octanol–water partition coefficient (Wildman–Crippen LogP) is 5.20. The van der Waals surface area contributed by atoms with Crippen molar-refractivity contribution in [3.8, 4) is 5.75 Å². The van der Waals surface area contributed by atoms with Crippen molar-refractivity contribution < 1.29 is 5.11 Å². The highest BCUT2D eigenvalue weighted by Gasteiger charge is 2.06. The van der Waals surface area contributed by atoms with Gasteiger partial charge in [-0.05, 0) is 47.1 Å². The fourth-order valence-corrected chi connectivity index (χ4v) is 4.10. The highest BCUT2D eigenvalue weighted by molar-refractivity contribution is 9.11. The Labute approximate surface area is 160 Å². The molecule has 7 heteroatoms. The molecule has 0 saturated heterocycles. The third kappa shape index (κ3) is 3.85. The number of aryl methyl sites for hydroxylation is 1. The number of phenolic OH excluding ortho intramolecular Hbond substituents is 1. The summed E-state index contributed by atoms with van der Waals surface area (Å²) in [4.78, 5) is 5.39. The van der Waals surface area contributed by atoms with Crippen molar-refractivity contribution in [2.75, 3.05) is 0 Å². The van der Waals surface area contributed by atoms with Gasteiger partial charge in [0, 0.05) is 15.4 Å². The van der Waals surface area contributed by atoms with Gasteiger partial charge in [0.1, 0.15) is 5.75 Å². The van der Waals surface area contributed by atoms with Crippen molar-refractivity contribution in [3.05, 3.63) is 72.8 Å². The maximum atomic E-state index is 10.1. The number of benzene rings is 2. The van der Waals surface area contributed by atoms with Crippen molar-refractivity contribution in [1.29, 1.82) is 0 Å². The van der Waals surface area contributed by atoms with Crippen molar-refractivity contribution in [2.24, 2.45) is 10.1 Å². The molecule has 1 N–H and O–H groups in total. The SMILES string of the molecule is Cc1csc(=Nc2ccccc2)n1N=Cc1cc(Br)cc(Br)c1O. The van der Waals surface area contributed by atoms with Crippen LogP contribution < -0.4 is 4.80 Å². The Kier molecular flexibility index (Phi) is 5.33. The molecule has 122 valence electrons. The molecule has 24 heavy (non-hydrogen) atoms. The number of para-hydroxylation sites is 1. The molecule has 2 aromatic carbocycles. The lowest BCUT2D eigenvalue weighted by Crippen LogP contribution is -2.11. The summed E-state index contributed by atoms with van der Waals surface area (Å²) in [6.45, 7) is 1.97. The van der Waals surface area contributed by atoms with Crippen molar-refractivity contribution in [3.63, 3.8) is 0 Å². The first-order chi connectivity index (χ1) is 11.5. The van der Waals surface area contributed by atoms with Crippen LogP contribution in [0, 0.1) is 6.92 Å². The highest BCUT2D eigenvalue weighted by Crippen LogP contribution is 2.30. The third-order valence-electron chi connectivity index (χ3n) is 3.20. The largest absolute Gasteiger partial charge is 0.506 e. The van der Waals surface area contributed by atoms with E-state index < -0.39 is 0 Å². The van der Waals surface area contributed by atoms with Crippen LogP contribution in [0.1, 0.15) is 11.3 Å². The molecule has 1 aromatic heterocycles. The first-order valence-electron chi connectivity index (χ1n) is 7.04. The number of halogens is 2. The number of rotatable bonds is 3. The molecule has 3 rings (SSSR count). The lowest BCUT2D eigenvalue weighted by atomic mass is 10.2. The predicted molar refractivity (Wildman–Crippen MR) is 105 cm³/mol. The molecule has 1 heterocycles. The van der Waals surface area contributed by atoms with Crippen LogP contribution in [0.25, 0.3) is 0 Å². The number of phenols is 1. The average Bonchev–Trinajstić information content (AvgIpc) is 2.90. The van der Waals surface area contributed by atoms with Gasteiger partial charge in [-0.25, -0.2) is 9.67 Å². The minimum Gasteiger partial charge on any atom is -0.506 e. The van der Waals surface area contributed by atoms with Crippen LogP contribution in [0.15, 0.2) is 66.9 Å². The van der Waals surface area contributed by atoms with Crippen molar-refractivity contribution in [2.45, 2.75) is 6.92 Å². The minimum absolute atomic E-state index is 0.150. The molecular weight excluding hydrogens is 454 g/mol. The van der Waals surface area contributed by atoms with Gasteiger partial charge in [-0.1, -0.05) is 34.1 Å². The molecule has 0 fully saturated rings. The number of aromatic hydroxyl groups is 1. The van der Waals surface area contributed by atoms with E-state index in [9.17, 15) is 5.11 Å². The van der Waals surface area contributed by atoms with Crippen LogP contribution >= 0.6 is 43.2 Å². The standard InChI is InChI=1S/C17H13Br2N3OS/c1-11-10-24-17(21-14-5-3-2-4-6-14)22(11)20-9-12-7-13(18)8-15(19)16(12)23/h2-10,23H,1H3. The summed E-state index contributed by atoms with van der Waals surface area (Å²) in [6, 6.07) is 13.3. The topological polar surface area (TPSA) is 49.9 Å². The Hall–Kier alpha value is -1.70. The number of nitrogens with zero attached hydrogens (tertiary/aromatic N) is 3. The highest BCUT2D eigenvalue weighted by atomic mass is 79.9. The zero-order valence-corrected chi connectivity index (χ0v) is 16.6. The summed E-state index contributed by atoms with van der Waals surface area (Å²) >= 11 is 8.26. The maximum Gasteiger partial charge on any atom is 0.211 e. The fraction of sp³-hybridized carbons (Fsp3) is 0.0588. The zero-order chi connectivity index (χ0) is 17.1. The summed E-state index contributed by atoms with van der Waals surface area (Å²) in [7, 11) is 0. The molecule has 0 saturated carbocycles. The van der Waals surface area contributed by atoms with Crippen LogP contribution in [0.5, 0.6) is 5.75 Å². The molecule has 0 aliphatic heterocycles. The first kappa shape index (κ1) is 17.1. The zero-order valence-electron chi connectivity index (χ0n) is 12.6. The van der Waals surface area contributed by atoms with E-state index in [1.807, 2.05) is 42.6 Å². The van der Waals surface area contributed by atoms with Crippen LogP contribution in [0.4, 0.5) is 5.69 Å². The Morgan fingerprint density at radius 1 is 1.17 bits per heavy atom. The van der Waals surface area contributed by atoms with E-state index in [-0.39, 0.29) is 5.75 Å². The molecule has 4 nitrogen and oxygen atoms in total. The minimum atomic E-state index is 0.150. The molecule has 0 aliphatic rings. The second-order valence-corrected chi connectivity index (χ2v) is 7.60. The van der Waals surface area contributed by atoms with Gasteiger partial charge in [0.2, 0.25) is 4.80 Å². The molecule has 0 atom stereocenters. The Morgan fingerprint density at radius 2 is 1.92 bits per heavy atom. The Morgan fingerprint density at radius 3 is 2.67 bits per heavy atom. The summed E-state index contributed by atoms with van der Waals surface area (Å²) in [5.74, 6) is 0.150.